The maximum absolute atomic E-state index is 13.3. The van der Waals surface area contributed by atoms with E-state index < -0.39 is 28.8 Å². The number of rotatable bonds is 3. The fourth-order valence-electron chi connectivity index (χ4n) is 3.79. The van der Waals surface area contributed by atoms with Gasteiger partial charge in [0, 0.05) is 51.6 Å². The summed E-state index contributed by atoms with van der Waals surface area (Å²) in [5.74, 6) is -0.243. The molecule has 1 aromatic heterocycles. The number of halogens is 3. The SMILES string of the molecule is COCC1(C(=O)N2CCc3ncc(C(F)(F)F)cc3C2)CN(C(=O)OC(C)(C)C)C1. The Bertz CT molecular complexity index is 830. The molecule has 30 heavy (non-hydrogen) atoms. The van der Waals surface area contributed by atoms with Crippen LogP contribution in [0.25, 0.3) is 0 Å². The number of pyridine rings is 1. The van der Waals surface area contributed by atoms with Crippen LogP contribution in [0.3, 0.4) is 0 Å². The third-order valence-corrected chi connectivity index (χ3v) is 5.17. The summed E-state index contributed by atoms with van der Waals surface area (Å²) in [7, 11) is 1.47. The van der Waals surface area contributed by atoms with Crippen molar-refractivity contribution in [2.24, 2.45) is 5.41 Å². The molecule has 1 fully saturated rings. The van der Waals surface area contributed by atoms with E-state index in [-0.39, 0.29) is 32.1 Å². The summed E-state index contributed by atoms with van der Waals surface area (Å²) < 4.78 is 49.6. The second-order valence-corrected chi connectivity index (χ2v) is 8.85. The van der Waals surface area contributed by atoms with Crippen LogP contribution >= 0.6 is 0 Å². The number of nitrogens with zero attached hydrogens (tertiary/aromatic N) is 3. The summed E-state index contributed by atoms with van der Waals surface area (Å²) >= 11 is 0. The highest BCUT2D eigenvalue weighted by Crippen LogP contribution is 2.36. The zero-order valence-electron chi connectivity index (χ0n) is 17.5. The maximum atomic E-state index is 13.3. The molecular weight excluding hydrogens is 403 g/mol. The van der Waals surface area contributed by atoms with Gasteiger partial charge in [-0.05, 0) is 32.4 Å². The van der Waals surface area contributed by atoms with Gasteiger partial charge >= 0.3 is 12.3 Å². The topological polar surface area (TPSA) is 72.0 Å². The number of hydrogen-bond donors (Lipinski definition) is 0. The highest BCUT2D eigenvalue weighted by atomic mass is 19.4. The van der Waals surface area contributed by atoms with Gasteiger partial charge in [-0.15, -0.1) is 0 Å². The Hall–Kier alpha value is -2.36. The van der Waals surface area contributed by atoms with Crippen molar-refractivity contribution >= 4 is 12.0 Å². The Morgan fingerprint density at radius 3 is 2.43 bits per heavy atom. The fraction of sp³-hybridized carbons (Fsp3) is 0.650. The van der Waals surface area contributed by atoms with Crippen LogP contribution in [0.5, 0.6) is 0 Å². The third-order valence-electron chi connectivity index (χ3n) is 5.17. The molecule has 1 aromatic rings. The van der Waals surface area contributed by atoms with Gasteiger partial charge in [-0.25, -0.2) is 4.79 Å². The number of alkyl halides is 3. The average Bonchev–Trinajstić information content (AvgIpc) is 2.60. The number of carbonyl (C=O) groups excluding carboxylic acids is 2. The number of carbonyl (C=O) groups is 2. The lowest BCUT2D eigenvalue weighted by atomic mass is 9.78. The monoisotopic (exact) mass is 429 g/mol. The molecule has 0 N–H and O–H groups in total. The molecule has 0 unspecified atom stereocenters. The minimum Gasteiger partial charge on any atom is -0.444 e. The molecule has 0 spiro atoms. The fourth-order valence-corrected chi connectivity index (χ4v) is 3.79. The maximum Gasteiger partial charge on any atom is 0.417 e. The zero-order valence-corrected chi connectivity index (χ0v) is 17.5. The van der Waals surface area contributed by atoms with Crippen LogP contribution in [-0.4, -0.2) is 65.7 Å². The molecule has 1 saturated heterocycles. The van der Waals surface area contributed by atoms with Crippen molar-refractivity contribution in [3.05, 3.63) is 29.1 Å². The van der Waals surface area contributed by atoms with Crippen LogP contribution in [0, 0.1) is 5.41 Å². The average molecular weight is 429 g/mol. The Balaban J connectivity index is 1.73. The molecule has 2 aliphatic heterocycles. The van der Waals surface area contributed by atoms with Crippen molar-refractivity contribution < 1.29 is 32.2 Å². The second-order valence-electron chi connectivity index (χ2n) is 8.85. The first-order valence-electron chi connectivity index (χ1n) is 9.66. The van der Waals surface area contributed by atoms with E-state index in [2.05, 4.69) is 4.98 Å². The molecule has 10 heteroatoms. The van der Waals surface area contributed by atoms with E-state index >= 15 is 0 Å². The number of methoxy groups -OCH3 is 1. The van der Waals surface area contributed by atoms with Crippen molar-refractivity contribution in [1.29, 1.82) is 0 Å². The zero-order chi connectivity index (χ0) is 22.3. The van der Waals surface area contributed by atoms with Gasteiger partial charge in [0.25, 0.3) is 0 Å². The molecular formula is C20H26F3N3O4. The quantitative estimate of drug-likeness (QED) is 0.739. The van der Waals surface area contributed by atoms with E-state index in [4.69, 9.17) is 9.47 Å². The van der Waals surface area contributed by atoms with Crippen LogP contribution in [-0.2, 0) is 33.4 Å². The van der Waals surface area contributed by atoms with Gasteiger partial charge in [0.2, 0.25) is 5.91 Å². The van der Waals surface area contributed by atoms with Gasteiger partial charge in [0.05, 0.1) is 12.2 Å². The van der Waals surface area contributed by atoms with E-state index in [1.807, 2.05) is 0 Å². The highest BCUT2D eigenvalue weighted by molar-refractivity contribution is 5.87. The molecule has 7 nitrogen and oxygen atoms in total. The predicted molar refractivity (Wildman–Crippen MR) is 100 cm³/mol. The molecule has 0 atom stereocenters. The molecule has 3 heterocycles. The number of ether oxygens (including phenoxy) is 2. The first-order valence-corrected chi connectivity index (χ1v) is 9.66. The van der Waals surface area contributed by atoms with Crippen molar-refractivity contribution in [1.82, 2.24) is 14.8 Å². The largest absolute Gasteiger partial charge is 0.444 e. The molecule has 0 aromatic carbocycles. The summed E-state index contributed by atoms with van der Waals surface area (Å²) in [5, 5.41) is 0. The van der Waals surface area contributed by atoms with E-state index in [1.54, 1.807) is 20.8 Å². The minimum atomic E-state index is -4.49. The first kappa shape index (κ1) is 22.3. The van der Waals surface area contributed by atoms with Gasteiger partial charge in [0.1, 0.15) is 11.0 Å². The number of hydrogen-bond acceptors (Lipinski definition) is 5. The van der Waals surface area contributed by atoms with E-state index in [0.29, 0.717) is 24.2 Å². The summed E-state index contributed by atoms with van der Waals surface area (Å²) in [6, 6.07) is 1.05. The predicted octanol–water partition coefficient (Wildman–Crippen LogP) is 2.87. The minimum absolute atomic E-state index is 0.0446. The summed E-state index contributed by atoms with van der Waals surface area (Å²) in [6.07, 6.45) is -3.80. The number of fused-ring (bicyclic) bond motifs is 1. The molecule has 0 aliphatic carbocycles. The molecule has 0 radical (unpaired) electrons. The lowest BCUT2D eigenvalue weighted by Crippen LogP contribution is -2.67. The van der Waals surface area contributed by atoms with Crippen LogP contribution in [0.1, 0.15) is 37.6 Å². The van der Waals surface area contributed by atoms with Crippen LogP contribution in [0.4, 0.5) is 18.0 Å². The number of likely N-dealkylation sites (tertiary alicyclic amines) is 1. The first-order chi connectivity index (χ1) is 13.8. The Morgan fingerprint density at radius 2 is 1.87 bits per heavy atom. The van der Waals surface area contributed by atoms with Gasteiger partial charge < -0.3 is 19.3 Å². The molecule has 2 amide bonds. The molecule has 3 rings (SSSR count). The van der Waals surface area contributed by atoms with E-state index in [0.717, 1.165) is 12.3 Å². The van der Waals surface area contributed by atoms with Gasteiger partial charge in [0.15, 0.2) is 0 Å². The second kappa shape index (κ2) is 7.72. The Kier molecular flexibility index (Phi) is 5.74. The van der Waals surface area contributed by atoms with E-state index in [9.17, 15) is 22.8 Å². The molecule has 0 bridgehead atoms. The van der Waals surface area contributed by atoms with Gasteiger partial charge in [-0.3, -0.25) is 9.78 Å². The Morgan fingerprint density at radius 1 is 1.20 bits per heavy atom. The van der Waals surface area contributed by atoms with Crippen molar-refractivity contribution in [3.63, 3.8) is 0 Å². The van der Waals surface area contributed by atoms with Crippen LogP contribution in [0.2, 0.25) is 0 Å². The summed E-state index contributed by atoms with van der Waals surface area (Å²) in [6.45, 7) is 6.05. The summed E-state index contributed by atoms with van der Waals surface area (Å²) in [5.41, 5.74) is -1.46. The lowest BCUT2D eigenvalue weighted by molar-refractivity contribution is -0.159. The Labute approximate surface area is 173 Å². The van der Waals surface area contributed by atoms with Crippen molar-refractivity contribution in [3.8, 4) is 0 Å². The molecule has 0 saturated carbocycles. The van der Waals surface area contributed by atoms with Crippen LogP contribution in [0.15, 0.2) is 12.3 Å². The van der Waals surface area contributed by atoms with Gasteiger partial charge in [-0.1, -0.05) is 0 Å². The van der Waals surface area contributed by atoms with Crippen molar-refractivity contribution in [2.45, 2.75) is 45.5 Å². The standard InChI is InChI=1S/C20H26F3N3O4/c1-18(2,3)30-17(28)26-10-19(11-26,12-29-4)16(27)25-6-5-15-13(9-25)7-14(8-24-15)20(21,22)23/h7-8H,5-6,9-12H2,1-4H3. The molecule has 166 valence electrons. The number of aromatic nitrogens is 1. The molecule has 2 aliphatic rings. The normalized spacial score (nSPS) is 18.5. The highest BCUT2D eigenvalue weighted by Gasteiger charge is 2.54. The number of amides is 2. The van der Waals surface area contributed by atoms with Crippen LogP contribution < -0.4 is 0 Å². The van der Waals surface area contributed by atoms with E-state index in [1.165, 1.54) is 16.9 Å². The smallest absolute Gasteiger partial charge is 0.417 e. The third kappa shape index (κ3) is 4.53. The summed E-state index contributed by atoms with van der Waals surface area (Å²) in [4.78, 5) is 32.4. The lowest BCUT2D eigenvalue weighted by Gasteiger charge is -2.50. The van der Waals surface area contributed by atoms with Crippen molar-refractivity contribution in [2.75, 3.05) is 33.4 Å². The van der Waals surface area contributed by atoms with Gasteiger partial charge in [-0.2, -0.15) is 13.2 Å².